The smallest absolute Gasteiger partial charge is 0.335 e. The van der Waals surface area contributed by atoms with Crippen molar-refractivity contribution < 1.29 is 32.7 Å². The molecule has 1 atom stereocenters. The number of carbonyl (C=O) groups is 1. The Bertz CT molecular complexity index is 2850. The molecule has 1 amide bonds. The number of fused-ring (bicyclic) bond motifs is 1. The van der Waals surface area contributed by atoms with Crippen molar-refractivity contribution in [3.63, 3.8) is 0 Å². The Hall–Kier alpha value is -6.13. The molecule has 2 aromatic carbocycles. The number of nitro groups is 1. The van der Waals surface area contributed by atoms with E-state index in [2.05, 4.69) is 59.2 Å². The van der Waals surface area contributed by atoms with Crippen LogP contribution in [0, 0.1) is 28.0 Å². The van der Waals surface area contributed by atoms with Gasteiger partial charge >= 0.3 is 5.69 Å². The molecule has 5 aromatic rings. The molecule has 18 heteroatoms. The van der Waals surface area contributed by atoms with Crippen molar-refractivity contribution in [2.75, 3.05) is 49.6 Å². The van der Waals surface area contributed by atoms with Crippen LogP contribution in [-0.2, 0) is 14.8 Å². The molecule has 1 spiro atoms. The molecule has 350 valence electrons. The molecule has 10 rings (SSSR count). The van der Waals surface area contributed by atoms with Crippen molar-refractivity contribution in [2.24, 2.45) is 11.3 Å². The second-order valence-corrected chi connectivity index (χ2v) is 21.1. The van der Waals surface area contributed by atoms with Crippen LogP contribution in [0.1, 0.15) is 105 Å². The minimum atomic E-state index is -4.89. The zero-order valence-electron chi connectivity index (χ0n) is 37.4. The van der Waals surface area contributed by atoms with E-state index >= 15 is 0 Å². The summed E-state index contributed by atoms with van der Waals surface area (Å²) < 4.78 is 42.3. The molecule has 17 nitrogen and oxygen atoms in total. The van der Waals surface area contributed by atoms with E-state index in [-0.39, 0.29) is 41.1 Å². The van der Waals surface area contributed by atoms with E-state index in [0.717, 1.165) is 75.7 Å². The number of nitrogens with zero attached hydrogens (tertiary/aromatic N) is 6. The van der Waals surface area contributed by atoms with Gasteiger partial charge in [0, 0.05) is 61.6 Å². The molecular formula is C49H55N9O8S. The quantitative estimate of drug-likeness (QED) is 0.0498. The van der Waals surface area contributed by atoms with E-state index in [1.54, 1.807) is 31.3 Å². The maximum Gasteiger partial charge on any atom is 0.335 e. The Kier molecular flexibility index (Phi) is 11.9. The van der Waals surface area contributed by atoms with Gasteiger partial charge in [-0.1, -0.05) is 35.8 Å². The van der Waals surface area contributed by atoms with Crippen molar-refractivity contribution >= 4 is 50.0 Å². The minimum absolute atomic E-state index is 0.0778. The number of hydrogen-bond donors (Lipinski definition) is 4. The van der Waals surface area contributed by atoms with Gasteiger partial charge in [-0.15, -0.1) is 0 Å². The summed E-state index contributed by atoms with van der Waals surface area (Å²) >= 11 is 0. The topological polar surface area (TPSA) is 210 Å². The molecule has 67 heavy (non-hydrogen) atoms. The van der Waals surface area contributed by atoms with Crippen LogP contribution in [0.25, 0.3) is 15.9 Å². The lowest BCUT2D eigenvalue weighted by atomic mass is 9.59. The fourth-order valence-electron chi connectivity index (χ4n) is 10.8. The number of nitrogens with one attached hydrogen (secondary N) is 3. The van der Waals surface area contributed by atoms with Gasteiger partial charge in [-0.3, -0.25) is 19.8 Å². The maximum absolute atomic E-state index is 14.1. The highest BCUT2D eigenvalue weighted by Crippen LogP contribution is 2.54. The number of rotatable bonds is 13. The number of benzene rings is 2. The third-order valence-corrected chi connectivity index (χ3v) is 16.2. The summed E-state index contributed by atoms with van der Waals surface area (Å²) in [6.07, 6.45) is 12.6. The fourth-order valence-corrected chi connectivity index (χ4v) is 11.9. The largest absolute Gasteiger partial charge is 0.455 e. The number of amides is 1. The number of aliphatic hydroxyl groups is 1. The first-order valence-electron chi connectivity index (χ1n) is 23.3. The fraction of sp³-hybridized carbons (Fsp3) is 0.469. The number of H-pyrrole nitrogens is 1. The molecule has 0 bridgehead atoms. The Morgan fingerprint density at radius 1 is 1.04 bits per heavy atom. The third kappa shape index (κ3) is 9.30. The van der Waals surface area contributed by atoms with Gasteiger partial charge in [-0.05, 0) is 124 Å². The second kappa shape index (κ2) is 17.8. The molecule has 2 saturated heterocycles. The molecule has 4 N–H and O–H groups in total. The molecule has 0 radical (unpaired) electrons. The van der Waals surface area contributed by atoms with Crippen LogP contribution in [0.4, 0.5) is 23.0 Å². The Labute approximate surface area is 389 Å². The second-order valence-electron chi connectivity index (χ2n) is 19.5. The standard InChI is InChI=1S/C49H55N9O8S/c1-48(60)14-11-31(12-15-48)28-52-45-40(58(61)62)25-43(46(50-2)54-45)67(63,64)55-47(59)39-10-9-34(24-42(39)66-36-23-33-13-18-51-44(33)53-29-36)56-19-16-49(17-20-56)26-35(27-49)57-21-22-65-30-41(57)38-6-4-3-5-37(38)32-7-8-32/h3-6,9-10,13,18,23-25,29,31-32,35,41,60H,7-8,11-12,14-17,19-22,26-28,30H2,1H3,(H,51,53)(H,52,54)(H,55,59)/t31?,41-,48?/m0/s1. The lowest BCUT2D eigenvalue weighted by Gasteiger charge is -2.57. The molecule has 5 aliphatic rings. The van der Waals surface area contributed by atoms with Crippen LogP contribution >= 0.6 is 0 Å². The lowest BCUT2D eigenvalue weighted by Crippen LogP contribution is -2.58. The summed E-state index contributed by atoms with van der Waals surface area (Å²) in [5, 5.41) is 26.3. The van der Waals surface area contributed by atoms with Gasteiger partial charge in [0.1, 0.15) is 22.0 Å². The number of morpholine rings is 1. The number of anilines is 2. The van der Waals surface area contributed by atoms with Gasteiger partial charge in [-0.25, -0.2) is 18.1 Å². The summed E-state index contributed by atoms with van der Waals surface area (Å²) in [4.78, 5) is 44.6. The summed E-state index contributed by atoms with van der Waals surface area (Å²) in [7, 11) is -4.89. The zero-order chi connectivity index (χ0) is 46.5. The van der Waals surface area contributed by atoms with Crippen LogP contribution in [0.15, 0.2) is 78.0 Å². The SMILES string of the molecule is [C-]#[N+]c1nc(NCC2CCC(C)(O)CC2)c([N+](=O)[O-])cc1S(=O)(=O)NC(=O)c1ccc(N2CCC3(CC2)CC(N2CCOC[C@H]2c2ccccc2C2CC2)C3)cc1Oc1cnc2[nH]ccc2c1. The molecule has 0 unspecified atom stereocenters. The van der Waals surface area contributed by atoms with Gasteiger partial charge in [-0.2, -0.15) is 0 Å². The summed E-state index contributed by atoms with van der Waals surface area (Å²) in [6.45, 7) is 13.8. The Morgan fingerprint density at radius 3 is 2.54 bits per heavy atom. The van der Waals surface area contributed by atoms with Gasteiger partial charge < -0.3 is 34.6 Å². The maximum atomic E-state index is 14.1. The van der Waals surface area contributed by atoms with Crippen LogP contribution in [0.5, 0.6) is 11.5 Å². The summed E-state index contributed by atoms with van der Waals surface area (Å²) in [5.74, 6) is -0.805. The van der Waals surface area contributed by atoms with Crippen LogP contribution in [-0.4, -0.2) is 95.2 Å². The molecule has 3 aromatic heterocycles. The monoisotopic (exact) mass is 929 g/mol. The Morgan fingerprint density at radius 2 is 1.81 bits per heavy atom. The van der Waals surface area contributed by atoms with E-state index in [1.807, 2.05) is 10.8 Å². The normalized spacial score (nSPS) is 23.3. The molecule has 5 fully saturated rings. The number of hydrogen-bond acceptors (Lipinski definition) is 13. The highest BCUT2D eigenvalue weighted by Gasteiger charge is 2.50. The van der Waals surface area contributed by atoms with Crippen molar-refractivity contribution in [3.8, 4) is 11.5 Å². The van der Waals surface area contributed by atoms with Crippen molar-refractivity contribution in [1.29, 1.82) is 0 Å². The predicted octanol–water partition coefficient (Wildman–Crippen LogP) is 8.38. The first kappa shape index (κ1) is 44.7. The van der Waals surface area contributed by atoms with E-state index in [4.69, 9.17) is 16.0 Å². The van der Waals surface area contributed by atoms with Crippen molar-refractivity contribution in [3.05, 3.63) is 111 Å². The number of aromatic amines is 1. The molecule has 2 aliphatic heterocycles. The average molecular weight is 930 g/mol. The summed E-state index contributed by atoms with van der Waals surface area (Å²) in [5.41, 5.74) is 3.05. The molecule has 3 aliphatic carbocycles. The number of pyridine rings is 2. The minimum Gasteiger partial charge on any atom is -0.455 e. The zero-order valence-corrected chi connectivity index (χ0v) is 38.3. The lowest BCUT2D eigenvalue weighted by molar-refractivity contribution is -0.384. The van der Waals surface area contributed by atoms with E-state index in [0.29, 0.717) is 49.0 Å². The predicted molar refractivity (Wildman–Crippen MR) is 251 cm³/mol. The van der Waals surface area contributed by atoms with Crippen molar-refractivity contribution in [1.82, 2.24) is 24.6 Å². The van der Waals surface area contributed by atoms with Crippen LogP contribution < -0.4 is 19.7 Å². The van der Waals surface area contributed by atoms with Gasteiger partial charge in [0.05, 0.1) is 41.5 Å². The molecule has 3 saturated carbocycles. The first-order valence-corrected chi connectivity index (χ1v) is 24.8. The number of piperidine rings is 1. The van der Waals surface area contributed by atoms with Crippen molar-refractivity contribution in [2.45, 2.75) is 99.6 Å². The highest BCUT2D eigenvalue weighted by molar-refractivity contribution is 7.90. The first-order chi connectivity index (χ1) is 32.3. The van der Waals surface area contributed by atoms with E-state index in [9.17, 15) is 28.4 Å². The number of carbonyl (C=O) groups excluding carboxylic acids is 1. The van der Waals surface area contributed by atoms with Gasteiger partial charge in [0.2, 0.25) is 0 Å². The third-order valence-electron chi connectivity index (χ3n) is 14.9. The molecule has 5 heterocycles. The Balaban J connectivity index is 0.856. The van der Waals surface area contributed by atoms with Crippen LogP contribution in [0.3, 0.4) is 0 Å². The van der Waals surface area contributed by atoms with Gasteiger partial charge in [0.15, 0.2) is 0 Å². The number of aromatic nitrogens is 3. The summed E-state index contributed by atoms with van der Waals surface area (Å²) in [6, 6.07) is 19.0. The average Bonchev–Trinajstić information content (AvgIpc) is 4.06. The highest BCUT2D eigenvalue weighted by atomic mass is 32.2. The van der Waals surface area contributed by atoms with Crippen LogP contribution in [0.2, 0.25) is 0 Å². The van der Waals surface area contributed by atoms with Gasteiger partial charge in [0.25, 0.3) is 27.6 Å². The number of sulfonamides is 1. The molecular weight excluding hydrogens is 875 g/mol. The van der Waals surface area contributed by atoms with E-state index in [1.165, 1.54) is 36.2 Å². The number of ether oxygens (including phenoxy) is 2. The van der Waals surface area contributed by atoms with E-state index < -0.39 is 42.9 Å².